The number of anilines is 1. The fourth-order valence-corrected chi connectivity index (χ4v) is 2.99. The van der Waals surface area contributed by atoms with Gasteiger partial charge >= 0.3 is 0 Å². The molecule has 140 valence electrons. The van der Waals surface area contributed by atoms with E-state index >= 15 is 0 Å². The number of nitrogens with two attached hydrogens (primary N) is 1. The van der Waals surface area contributed by atoms with E-state index in [9.17, 15) is 8.78 Å². The van der Waals surface area contributed by atoms with E-state index in [0.29, 0.717) is 29.4 Å². The van der Waals surface area contributed by atoms with Gasteiger partial charge in [-0.05, 0) is 54.9 Å². The van der Waals surface area contributed by atoms with E-state index in [4.69, 9.17) is 10.5 Å². The third kappa shape index (κ3) is 4.38. The maximum absolute atomic E-state index is 13.6. The lowest BCUT2D eigenvalue weighted by atomic mass is 9.96. The molecule has 0 amide bonds. The number of rotatable bonds is 6. The summed E-state index contributed by atoms with van der Waals surface area (Å²) in [6.07, 6.45) is 1.99. The SMILES string of the molecule is CNC(Cc1cc(F)cc(F)c1)c1nc(N)ccc1-c1ccnc(OC)c1. The monoisotopic (exact) mass is 370 g/mol. The summed E-state index contributed by atoms with van der Waals surface area (Å²) in [5, 5.41) is 3.16. The van der Waals surface area contributed by atoms with Crippen LogP contribution in [0.2, 0.25) is 0 Å². The van der Waals surface area contributed by atoms with Crippen molar-refractivity contribution in [2.45, 2.75) is 12.5 Å². The van der Waals surface area contributed by atoms with Crippen molar-refractivity contribution in [2.24, 2.45) is 0 Å². The van der Waals surface area contributed by atoms with Gasteiger partial charge < -0.3 is 15.8 Å². The standard InChI is InChI=1S/C20H20F2N4O/c1-24-17(9-12-7-14(21)11-15(22)8-12)20-16(3-4-18(23)26-20)13-5-6-25-19(10-13)27-2/h3-8,10-11,17,24H,9H2,1-2H3,(H2,23,26). The molecule has 27 heavy (non-hydrogen) atoms. The minimum atomic E-state index is -0.612. The molecule has 0 fully saturated rings. The molecular weight excluding hydrogens is 350 g/mol. The van der Waals surface area contributed by atoms with Gasteiger partial charge in [-0.15, -0.1) is 0 Å². The molecular formula is C20H20F2N4O. The van der Waals surface area contributed by atoms with E-state index in [1.165, 1.54) is 12.1 Å². The number of ether oxygens (including phenoxy) is 1. The summed E-state index contributed by atoms with van der Waals surface area (Å²) in [5.41, 5.74) is 8.79. The lowest BCUT2D eigenvalue weighted by Crippen LogP contribution is -2.21. The molecule has 0 radical (unpaired) electrons. The molecule has 1 aromatic carbocycles. The summed E-state index contributed by atoms with van der Waals surface area (Å²) >= 11 is 0. The molecule has 3 N–H and O–H groups in total. The molecule has 2 heterocycles. The highest BCUT2D eigenvalue weighted by atomic mass is 19.1. The number of nitrogens with zero attached hydrogens (tertiary/aromatic N) is 2. The maximum atomic E-state index is 13.6. The Morgan fingerprint density at radius 3 is 2.52 bits per heavy atom. The van der Waals surface area contributed by atoms with Crippen LogP contribution in [0.25, 0.3) is 11.1 Å². The van der Waals surface area contributed by atoms with Gasteiger partial charge in [0.25, 0.3) is 0 Å². The van der Waals surface area contributed by atoms with Crippen LogP contribution in [-0.4, -0.2) is 24.1 Å². The van der Waals surface area contributed by atoms with Crippen LogP contribution in [0.3, 0.4) is 0 Å². The number of halogens is 2. The minimum absolute atomic E-state index is 0.302. The smallest absolute Gasteiger partial charge is 0.213 e. The third-order valence-electron chi connectivity index (χ3n) is 4.24. The maximum Gasteiger partial charge on any atom is 0.213 e. The summed E-state index contributed by atoms with van der Waals surface area (Å²) in [6.45, 7) is 0. The van der Waals surface area contributed by atoms with Crippen molar-refractivity contribution in [3.63, 3.8) is 0 Å². The van der Waals surface area contributed by atoms with Gasteiger partial charge in [-0.25, -0.2) is 18.7 Å². The number of likely N-dealkylation sites (N-methyl/N-ethyl adjacent to an activating group) is 1. The Labute approximate surface area is 156 Å². The average molecular weight is 370 g/mol. The van der Waals surface area contributed by atoms with E-state index in [2.05, 4.69) is 15.3 Å². The normalized spacial score (nSPS) is 12.0. The lowest BCUT2D eigenvalue weighted by Gasteiger charge is -2.20. The first-order chi connectivity index (χ1) is 13.0. The Bertz CT molecular complexity index is 929. The largest absolute Gasteiger partial charge is 0.481 e. The number of hydrogen-bond acceptors (Lipinski definition) is 5. The van der Waals surface area contributed by atoms with Crippen molar-refractivity contribution < 1.29 is 13.5 Å². The predicted molar refractivity (Wildman–Crippen MR) is 100 cm³/mol. The second-order valence-corrected chi connectivity index (χ2v) is 6.08. The van der Waals surface area contributed by atoms with Crippen LogP contribution in [0.5, 0.6) is 5.88 Å². The Balaban J connectivity index is 2.03. The molecule has 0 aliphatic carbocycles. The summed E-state index contributed by atoms with van der Waals surface area (Å²) < 4.78 is 32.3. The van der Waals surface area contributed by atoms with E-state index in [-0.39, 0.29) is 6.04 Å². The fraction of sp³-hybridized carbons (Fsp3) is 0.200. The Hall–Kier alpha value is -3.06. The molecule has 0 aliphatic rings. The van der Waals surface area contributed by atoms with Gasteiger partial charge in [-0.2, -0.15) is 0 Å². The molecule has 0 bridgehead atoms. The van der Waals surface area contributed by atoms with Gasteiger partial charge in [0.1, 0.15) is 17.5 Å². The van der Waals surface area contributed by atoms with Crippen molar-refractivity contribution in [3.8, 4) is 17.0 Å². The summed E-state index contributed by atoms with van der Waals surface area (Å²) in [6, 6.07) is 10.4. The zero-order chi connectivity index (χ0) is 19.4. The molecule has 0 saturated heterocycles. The fourth-order valence-electron chi connectivity index (χ4n) is 2.99. The van der Waals surface area contributed by atoms with Crippen molar-refractivity contribution in [2.75, 3.05) is 19.9 Å². The highest BCUT2D eigenvalue weighted by Crippen LogP contribution is 2.31. The van der Waals surface area contributed by atoms with Gasteiger partial charge in [0, 0.05) is 23.9 Å². The molecule has 3 rings (SSSR count). The summed E-state index contributed by atoms with van der Waals surface area (Å²) in [4.78, 5) is 8.60. The van der Waals surface area contributed by atoms with E-state index in [1.54, 1.807) is 32.5 Å². The van der Waals surface area contributed by atoms with Gasteiger partial charge in [0.15, 0.2) is 0 Å². The summed E-state index contributed by atoms with van der Waals surface area (Å²) in [7, 11) is 3.31. The number of aromatic nitrogens is 2. The Morgan fingerprint density at radius 1 is 1.11 bits per heavy atom. The highest BCUT2D eigenvalue weighted by Gasteiger charge is 2.19. The molecule has 7 heteroatoms. The zero-order valence-corrected chi connectivity index (χ0v) is 15.0. The van der Waals surface area contributed by atoms with Crippen molar-refractivity contribution >= 4 is 5.82 Å². The van der Waals surface area contributed by atoms with E-state index < -0.39 is 11.6 Å². The van der Waals surface area contributed by atoms with Gasteiger partial charge in [-0.3, -0.25) is 0 Å². The number of methoxy groups -OCH3 is 1. The Kier molecular flexibility index (Phi) is 5.61. The van der Waals surface area contributed by atoms with Crippen LogP contribution in [0.1, 0.15) is 17.3 Å². The highest BCUT2D eigenvalue weighted by molar-refractivity contribution is 5.68. The number of nitrogens with one attached hydrogen (secondary N) is 1. The van der Waals surface area contributed by atoms with Crippen molar-refractivity contribution in [1.29, 1.82) is 0 Å². The summed E-state index contributed by atoms with van der Waals surface area (Å²) in [5.74, 6) is -0.386. The number of benzene rings is 1. The molecule has 0 spiro atoms. The lowest BCUT2D eigenvalue weighted by molar-refractivity contribution is 0.398. The first-order valence-electron chi connectivity index (χ1n) is 8.39. The Morgan fingerprint density at radius 2 is 1.85 bits per heavy atom. The molecule has 1 unspecified atom stereocenters. The average Bonchev–Trinajstić information content (AvgIpc) is 2.65. The van der Waals surface area contributed by atoms with Crippen LogP contribution in [0.4, 0.5) is 14.6 Å². The molecule has 2 aromatic heterocycles. The van der Waals surface area contributed by atoms with Gasteiger partial charge in [0.2, 0.25) is 5.88 Å². The number of hydrogen-bond donors (Lipinski definition) is 2. The molecule has 0 saturated carbocycles. The molecule has 1 atom stereocenters. The predicted octanol–water partition coefficient (Wildman–Crippen LogP) is 3.52. The number of pyridine rings is 2. The topological polar surface area (TPSA) is 73.1 Å². The third-order valence-corrected chi connectivity index (χ3v) is 4.24. The van der Waals surface area contributed by atoms with Gasteiger partial charge in [0.05, 0.1) is 18.8 Å². The quantitative estimate of drug-likeness (QED) is 0.695. The van der Waals surface area contributed by atoms with Crippen LogP contribution < -0.4 is 15.8 Å². The molecule has 5 nitrogen and oxygen atoms in total. The van der Waals surface area contributed by atoms with E-state index in [1.807, 2.05) is 12.1 Å². The molecule has 3 aromatic rings. The molecule has 0 aliphatic heterocycles. The van der Waals surface area contributed by atoms with E-state index in [0.717, 1.165) is 17.2 Å². The number of nitrogen functional groups attached to an aromatic ring is 1. The van der Waals surface area contributed by atoms with Gasteiger partial charge in [-0.1, -0.05) is 0 Å². The second kappa shape index (κ2) is 8.09. The first-order valence-corrected chi connectivity index (χ1v) is 8.39. The van der Waals surface area contributed by atoms with Crippen LogP contribution in [-0.2, 0) is 6.42 Å². The van der Waals surface area contributed by atoms with Crippen LogP contribution in [0, 0.1) is 11.6 Å². The van der Waals surface area contributed by atoms with Crippen molar-refractivity contribution in [3.05, 3.63) is 71.6 Å². The van der Waals surface area contributed by atoms with Crippen LogP contribution in [0.15, 0.2) is 48.7 Å². The first kappa shape index (κ1) is 18.7. The van der Waals surface area contributed by atoms with Crippen molar-refractivity contribution in [1.82, 2.24) is 15.3 Å². The zero-order valence-electron chi connectivity index (χ0n) is 15.0. The van der Waals surface area contributed by atoms with Crippen LogP contribution >= 0.6 is 0 Å². The minimum Gasteiger partial charge on any atom is -0.481 e. The second-order valence-electron chi connectivity index (χ2n) is 6.08.